The van der Waals surface area contributed by atoms with Crippen molar-refractivity contribution in [2.75, 3.05) is 20.3 Å². The molecule has 182 valence electrons. The van der Waals surface area contributed by atoms with E-state index in [9.17, 15) is 9.67 Å². The predicted molar refractivity (Wildman–Crippen MR) is 141 cm³/mol. The molecule has 0 aliphatic rings. The Hall–Kier alpha value is -3.22. The fraction of sp³-hybridized carbons (Fsp3) is 0.222. The Bertz CT molecular complexity index is 1350. The molecule has 0 radical (unpaired) electrons. The monoisotopic (exact) mass is 491 g/mol. The van der Waals surface area contributed by atoms with Crippen LogP contribution in [0.1, 0.15) is 30.5 Å². The Morgan fingerprint density at radius 3 is 2.31 bits per heavy atom. The molecule has 0 amide bonds. The van der Waals surface area contributed by atoms with Gasteiger partial charge in [0.05, 0.1) is 35.5 Å². The van der Waals surface area contributed by atoms with Crippen molar-refractivity contribution in [2.45, 2.75) is 20.4 Å². The Balaban J connectivity index is 1.91. The van der Waals surface area contributed by atoms with Crippen LogP contribution in [-0.2, 0) is 20.2 Å². The van der Waals surface area contributed by atoms with E-state index in [1.54, 1.807) is 32.0 Å². The number of hydrogen-bond acceptors (Lipinski definition) is 6. The highest BCUT2D eigenvalue weighted by Gasteiger charge is 2.28. The molecule has 0 fully saturated rings. The van der Waals surface area contributed by atoms with Crippen LogP contribution in [0.15, 0.2) is 77.8 Å². The van der Waals surface area contributed by atoms with Gasteiger partial charge in [0.25, 0.3) is 0 Å². The summed E-state index contributed by atoms with van der Waals surface area (Å²) in [5, 5.41) is 15.2. The molecule has 4 aromatic rings. The van der Waals surface area contributed by atoms with Gasteiger partial charge in [-0.2, -0.15) is 0 Å². The number of aromatic nitrogens is 1. The van der Waals surface area contributed by atoms with E-state index in [0.29, 0.717) is 27.5 Å². The third-order valence-electron chi connectivity index (χ3n) is 5.52. The molecule has 4 rings (SSSR count). The SMILES string of the molecule is CCOP(=O)(OCC)c1ccc2[nH]c(O)c(C(=Nc3ccc(CNC)cc3)c3ccccc3)c2c1. The number of nitrogens with one attached hydrogen (secondary N) is 2. The summed E-state index contributed by atoms with van der Waals surface area (Å²) in [4.78, 5) is 7.96. The van der Waals surface area contributed by atoms with Gasteiger partial charge in [-0.15, -0.1) is 0 Å². The highest BCUT2D eigenvalue weighted by molar-refractivity contribution is 7.62. The molecule has 0 spiro atoms. The summed E-state index contributed by atoms with van der Waals surface area (Å²) >= 11 is 0. The third-order valence-corrected chi connectivity index (χ3v) is 7.63. The minimum Gasteiger partial charge on any atom is -0.494 e. The number of H-pyrrole nitrogens is 1. The second kappa shape index (κ2) is 11.0. The lowest BCUT2D eigenvalue weighted by Crippen LogP contribution is -2.11. The van der Waals surface area contributed by atoms with Gasteiger partial charge in [0.1, 0.15) is 0 Å². The second-order valence-electron chi connectivity index (χ2n) is 7.93. The number of aromatic hydroxyl groups is 1. The maximum Gasteiger partial charge on any atom is 0.361 e. The highest BCUT2D eigenvalue weighted by Crippen LogP contribution is 2.47. The third kappa shape index (κ3) is 5.39. The fourth-order valence-corrected chi connectivity index (χ4v) is 5.58. The molecule has 35 heavy (non-hydrogen) atoms. The minimum absolute atomic E-state index is 0.0193. The summed E-state index contributed by atoms with van der Waals surface area (Å²) in [5.74, 6) is -0.0193. The molecule has 7 nitrogen and oxygen atoms in total. The van der Waals surface area contributed by atoms with Crippen molar-refractivity contribution in [3.8, 4) is 5.88 Å². The van der Waals surface area contributed by atoms with Crippen molar-refractivity contribution in [1.82, 2.24) is 10.3 Å². The summed E-state index contributed by atoms with van der Waals surface area (Å²) in [6.07, 6.45) is 0. The van der Waals surface area contributed by atoms with Gasteiger partial charge in [0.15, 0.2) is 5.88 Å². The summed E-state index contributed by atoms with van der Waals surface area (Å²) in [7, 11) is -1.60. The number of rotatable bonds is 10. The van der Waals surface area contributed by atoms with Crippen molar-refractivity contribution in [1.29, 1.82) is 0 Å². The number of aromatic amines is 1. The maximum atomic E-state index is 13.4. The maximum absolute atomic E-state index is 13.4. The molecule has 0 saturated heterocycles. The van der Waals surface area contributed by atoms with Crippen LogP contribution in [0.4, 0.5) is 5.69 Å². The smallest absolute Gasteiger partial charge is 0.361 e. The van der Waals surface area contributed by atoms with E-state index in [0.717, 1.165) is 23.4 Å². The Labute approximate surface area is 205 Å². The first-order valence-corrected chi connectivity index (χ1v) is 13.2. The molecule has 0 atom stereocenters. The quantitative estimate of drug-likeness (QED) is 0.197. The summed E-state index contributed by atoms with van der Waals surface area (Å²) in [6.45, 7) is 4.82. The molecule has 3 aromatic carbocycles. The van der Waals surface area contributed by atoms with Crippen LogP contribution < -0.4 is 10.6 Å². The van der Waals surface area contributed by atoms with Gasteiger partial charge in [-0.1, -0.05) is 42.5 Å². The zero-order chi connectivity index (χ0) is 24.8. The van der Waals surface area contributed by atoms with Gasteiger partial charge in [0.2, 0.25) is 0 Å². The van der Waals surface area contributed by atoms with Crippen molar-refractivity contribution < 1.29 is 18.7 Å². The average Bonchev–Trinajstić information content (AvgIpc) is 3.19. The van der Waals surface area contributed by atoms with E-state index >= 15 is 0 Å². The first-order valence-electron chi connectivity index (χ1n) is 11.6. The van der Waals surface area contributed by atoms with Crippen molar-refractivity contribution in [3.63, 3.8) is 0 Å². The van der Waals surface area contributed by atoms with E-state index in [2.05, 4.69) is 10.3 Å². The molecule has 3 N–H and O–H groups in total. The topological polar surface area (TPSA) is 95.9 Å². The lowest BCUT2D eigenvalue weighted by atomic mass is 10.0. The molecule has 0 unspecified atom stereocenters. The number of aliphatic imine (C=N–C) groups is 1. The number of hydrogen-bond donors (Lipinski definition) is 3. The Morgan fingerprint density at radius 2 is 1.69 bits per heavy atom. The van der Waals surface area contributed by atoms with Crippen LogP contribution in [0.2, 0.25) is 0 Å². The van der Waals surface area contributed by atoms with E-state index in [1.807, 2.05) is 61.6 Å². The van der Waals surface area contributed by atoms with Crippen LogP contribution in [0, 0.1) is 0 Å². The number of fused-ring (bicyclic) bond motifs is 1. The van der Waals surface area contributed by atoms with E-state index in [-0.39, 0.29) is 19.1 Å². The lowest BCUT2D eigenvalue weighted by molar-refractivity contribution is 0.230. The molecule has 8 heteroatoms. The van der Waals surface area contributed by atoms with Crippen LogP contribution >= 0.6 is 7.60 Å². The van der Waals surface area contributed by atoms with Crippen molar-refractivity contribution >= 4 is 35.2 Å². The molecule has 0 bridgehead atoms. The molecular formula is C27H30N3O4P. The van der Waals surface area contributed by atoms with Gasteiger partial charge >= 0.3 is 7.60 Å². The zero-order valence-electron chi connectivity index (χ0n) is 20.1. The first-order chi connectivity index (χ1) is 17.0. The van der Waals surface area contributed by atoms with Crippen molar-refractivity contribution in [3.05, 3.63) is 89.5 Å². The first kappa shape index (κ1) is 24.9. The van der Waals surface area contributed by atoms with Crippen LogP contribution in [-0.4, -0.2) is 36.1 Å². The average molecular weight is 492 g/mol. The Kier molecular flexibility index (Phi) is 7.83. The summed E-state index contributed by atoms with van der Waals surface area (Å²) in [5.41, 5.74) is 4.54. The Morgan fingerprint density at radius 1 is 1.00 bits per heavy atom. The van der Waals surface area contributed by atoms with Gasteiger partial charge in [-0.05, 0) is 56.8 Å². The predicted octanol–water partition coefficient (Wildman–Crippen LogP) is 5.65. The standard InChI is InChI=1S/C27H30N3O4P/c1-4-33-35(32,34-5-2)22-15-16-24-23(17-22)25(27(31)30-24)26(20-9-7-6-8-10-20)29-21-13-11-19(12-14-21)18-28-3/h6-17,28,30-31H,4-5,18H2,1-3H3. The minimum atomic E-state index is -3.51. The van der Waals surface area contributed by atoms with E-state index in [1.165, 1.54) is 0 Å². The highest BCUT2D eigenvalue weighted by atomic mass is 31.2. The number of nitrogens with zero attached hydrogens (tertiary/aromatic N) is 1. The van der Waals surface area contributed by atoms with Gasteiger partial charge in [-0.3, -0.25) is 4.57 Å². The fourth-order valence-electron chi connectivity index (χ4n) is 3.98. The van der Waals surface area contributed by atoms with Crippen LogP contribution in [0.3, 0.4) is 0 Å². The van der Waals surface area contributed by atoms with Gasteiger partial charge in [-0.25, -0.2) is 4.99 Å². The van der Waals surface area contributed by atoms with Gasteiger partial charge in [0, 0.05) is 23.0 Å². The van der Waals surface area contributed by atoms with Gasteiger partial charge < -0.3 is 24.5 Å². The molecular weight excluding hydrogens is 461 g/mol. The van der Waals surface area contributed by atoms with E-state index in [4.69, 9.17) is 14.0 Å². The zero-order valence-corrected chi connectivity index (χ0v) is 21.0. The van der Waals surface area contributed by atoms with Crippen LogP contribution in [0.25, 0.3) is 10.9 Å². The normalized spacial score (nSPS) is 12.4. The number of benzene rings is 3. The molecule has 1 heterocycles. The molecule has 0 aliphatic heterocycles. The summed E-state index contributed by atoms with van der Waals surface area (Å²) < 4.78 is 24.5. The van der Waals surface area contributed by atoms with Crippen LogP contribution in [0.5, 0.6) is 5.88 Å². The molecule has 0 aliphatic carbocycles. The van der Waals surface area contributed by atoms with Crippen molar-refractivity contribution in [2.24, 2.45) is 4.99 Å². The molecule has 1 aromatic heterocycles. The second-order valence-corrected chi connectivity index (χ2v) is 9.96. The van der Waals surface area contributed by atoms with E-state index < -0.39 is 7.60 Å². The summed E-state index contributed by atoms with van der Waals surface area (Å²) in [6, 6.07) is 22.8. The largest absolute Gasteiger partial charge is 0.494 e. The molecule has 0 saturated carbocycles. The lowest BCUT2D eigenvalue weighted by Gasteiger charge is -2.17.